The SMILES string of the molecule is COc1ccc(C=CC(=O)N(CCCN(C)C)c2nc3c(OC)ccc(Cl)c3s2)cc1OC.Cl. The fraction of sp³-hybridized carbons (Fsp3) is 0.333. The number of methoxy groups -OCH3 is 3. The summed E-state index contributed by atoms with van der Waals surface area (Å²) in [6.45, 7) is 1.37. The smallest absolute Gasteiger partial charge is 0.252 e. The average molecular weight is 526 g/mol. The number of ether oxygens (including phenoxy) is 3. The van der Waals surface area contributed by atoms with Crippen molar-refractivity contribution in [1.82, 2.24) is 9.88 Å². The van der Waals surface area contributed by atoms with E-state index in [2.05, 4.69) is 4.90 Å². The van der Waals surface area contributed by atoms with Gasteiger partial charge in [0, 0.05) is 12.6 Å². The minimum Gasteiger partial charge on any atom is -0.494 e. The fourth-order valence-electron chi connectivity index (χ4n) is 3.28. The molecule has 0 aliphatic heterocycles. The minimum absolute atomic E-state index is 0. The van der Waals surface area contributed by atoms with Gasteiger partial charge in [-0.05, 0) is 63.0 Å². The summed E-state index contributed by atoms with van der Waals surface area (Å²) in [6.07, 6.45) is 4.09. The van der Waals surface area contributed by atoms with Crippen molar-refractivity contribution in [3.63, 3.8) is 0 Å². The first kappa shape index (κ1) is 27.7. The van der Waals surface area contributed by atoms with Crippen molar-refractivity contribution < 1.29 is 19.0 Å². The van der Waals surface area contributed by atoms with Gasteiger partial charge in [-0.25, -0.2) is 4.98 Å². The Hall–Kier alpha value is -2.52. The van der Waals surface area contributed by atoms with Gasteiger partial charge in [0.25, 0.3) is 5.91 Å². The third kappa shape index (κ3) is 6.54. The van der Waals surface area contributed by atoms with E-state index in [1.807, 2.05) is 26.2 Å². The van der Waals surface area contributed by atoms with Gasteiger partial charge in [0.05, 0.1) is 31.1 Å². The van der Waals surface area contributed by atoms with E-state index >= 15 is 0 Å². The molecular weight excluding hydrogens is 497 g/mol. The van der Waals surface area contributed by atoms with E-state index in [9.17, 15) is 4.79 Å². The number of halogens is 2. The monoisotopic (exact) mass is 525 g/mol. The van der Waals surface area contributed by atoms with E-state index in [0.29, 0.717) is 39.5 Å². The normalized spacial score (nSPS) is 11.0. The molecule has 0 aliphatic carbocycles. The highest BCUT2D eigenvalue weighted by atomic mass is 35.5. The first-order chi connectivity index (χ1) is 15.9. The zero-order valence-corrected chi connectivity index (χ0v) is 22.2. The second-order valence-corrected chi connectivity index (χ2v) is 8.90. The summed E-state index contributed by atoms with van der Waals surface area (Å²) < 4.78 is 16.9. The van der Waals surface area contributed by atoms with Crippen LogP contribution in [0.3, 0.4) is 0 Å². The number of hydrogen-bond acceptors (Lipinski definition) is 7. The average Bonchev–Trinajstić information content (AvgIpc) is 3.26. The summed E-state index contributed by atoms with van der Waals surface area (Å²) in [7, 11) is 8.77. The Morgan fingerprint density at radius 3 is 2.35 bits per heavy atom. The number of anilines is 1. The maximum Gasteiger partial charge on any atom is 0.252 e. The molecule has 3 aromatic rings. The lowest BCUT2D eigenvalue weighted by Gasteiger charge is -2.19. The molecule has 0 saturated carbocycles. The van der Waals surface area contributed by atoms with Crippen LogP contribution in [0.25, 0.3) is 16.3 Å². The third-order valence-electron chi connectivity index (χ3n) is 4.98. The standard InChI is InChI=1S/C24H28ClN3O4S.ClH/c1-27(2)13-6-14-28(24-26-22-19(31-4)11-9-17(25)23(22)33-24)21(29)12-8-16-7-10-18(30-3)20(15-16)32-5;/h7-12,15H,6,13-14H2,1-5H3;1H. The number of carbonyl (C=O) groups is 1. The maximum atomic E-state index is 13.3. The minimum atomic E-state index is -0.169. The molecule has 0 saturated heterocycles. The number of hydrogen-bond donors (Lipinski definition) is 0. The molecule has 0 spiro atoms. The summed E-state index contributed by atoms with van der Waals surface area (Å²) >= 11 is 7.77. The van der Waals surface area contributed by atoms with Gasteiger partial charge in [0.1, 0.15) is 11.3 Å². The highest BCUT2D eigenvalue weighted by molar-refractivity contribution is 7.23. The lowest BCUT2D eigenvalue weighted by atomic mass is 10.2. The molecule has 0 atom stereocenters. The number of carbonyl (C=O) groups excluding carboxylic acids is 1. The van der Waals surface area contributed by atoms with Crippen molar-refractivity contribution in [2.45, 2.75) is 6.42 Å². The molecule has 1 heterocycles. The Kier molecular flexibility index (Phi) is 10.4. The molecule has 0 N–H and O–H groups in total. The second kappa shape index (κ2) is 12.8. The number of benzene rings is 2. The Morgan fingerprint density at radius 1 is 1.03 bits per heavy atom. The van der Waals surface area contributed by atoms with Gasteiger partial charge in [-0.3, -0.25) is 9.69 Å². The van der Waals surface area contributed by atoms with Crippen molar-refractivity contribution in [2.24, 2.45) is 0 Å². The third-order valence-corrected chi connectivity index (χ3v) is 6.52. The first-order valence-electron chi connectivity index (χ1n) is 10.4. The van der Waals surface area contributed by atoms with Gasteiger partial charge in [-0.2, -0.15) is 0 Å². The number of rotatable bonds is 10. The lowest BCUT2D eigenvalue weighted by molar-refractivity contribution is -0.114. The van der Waals surface area contributed by atoms with Crippen LogP contribution in [-0.2, 0) is 4.79 Å². The predicted octanol–water partition coefficient (Wildman–Crippen LogP) is 5.40. The molecule has 1 amide bonds. The largest absolute Gasteiger partial charge is 0.494 e. The van der Waals surface area contributed by atoms with Crippen LogP contribution in [0.5, 0.6) is 17.2 Å². The van der Waals surface area contributed by atoms with Crippen molar-refractivity contribution in [1.29, 1.82) is 0 Å². The Labute approximate surface area is 215 Å². The van der Waals surface area contributed by atoms with Gasteiger partial charge < -0.3 is 19.1 Å². The van der Waals surface area contributed by atoms with E-state index in [4.69, 9.17) is 30.8 Å². The van der Waals surface area contributed by atoms with Crippen molar-refractivity contribution in [3.8, 4) is 17.2 Å². The van der Waals surface area contributed by atoms with E-state index in [1.54, 1.807) is 56.6 Å². The van der Waals surface area contributed by atoms with Crippen molar-refractivity contribution >= 4 is 62.7 Å². The number of amides is 1. The van der Waals surface area contributed by atoms with Gasteiger partial charge in [0.15, 0.2) is 16.6 Å². The lowest BCUT2D eigenvalue weighted by Crippen LogP contribution is -2.32. The molecular formula is C24H29Cl2N3O4S. The van der Waals surface area contributed by atoms with Crippen molar-refractivity contribution in [2.75, 3.05) is 53.4 Å². The molecule has 0 unspecified atom stereocenters. The van der Waals surface area contributed by atoms with Crippen LogP contribution in [0.2, 0.25) is 5.02 Å². The predicted molar refractivity (Wildman–Crippen MR) is 143 cm³/mol. The van der Waals surface area contributed by atoms with Gasteiger partial charge in [-0.15, -0.1) is 12.4 Å². The second-order valence-electron chi connectivity index (χ2n) is 7.52. The number of nitrogens with zero attached hydrogens (tertiary/aromatic N) is 3. The Morgan fingerprint density at radius 2 is 1.71 bits per heavy atom. The molecule has 10 heteroatoms. The topological polar surface area (TPSA) is 64.1 Å². The molecule has 1 aromatic heterocycles. The zero-order valence-electron chi connectivity index (χ0n) is 19.8. The van der Waals surface area contributed by atoms with Gasteiger partial charge in [0.2, 0.25) is 0 Å². The molecule has 0 bridgehead atoms. The molecule has 184 valence electrons. The van der Waals surface area contributed by atoms with Crippen LogP contribution in [-0.4, -0.2) is 64.3 Å². The molecule has 34 heavy (non-hydrogen) atoms. The molecule has 0 radical (unpaired) electrons. The number of fused-ring (bicyclic) bond motifs is 1. The van der Waals surface area contributed by atoms with Crippen LogP contribution < -0.4 is 19.1 Å². The number of aromatic nitrogens is 1. The van der Waals surface area contributed by atoms with Gasteiger partial charge >= 0.3 is 0 Å². The molecule has 0 aliphatic rings. The highest BCUT2D eigenvalue weighted by Gasteiger charge is 2.20. The van der Waals surface area contributed by atoms with Crippen LogP contribution in [0, 0.1) is 0 Å². The highest BCUT2D eigenvalue weighted by Crippen LogP contribution is 2.39. The fourth-order valence-corrected chi connectivity index (χ4v) is 4.57. The van der Waals surface area contributed by atoms with E-state index < -0.39 is 0 Å². The summed E-state index contributed by atoms with van der Waals surface area (Å²) in [5.41, 5.74) is 1.47. The van der Waals surface area contributed by atoms with Crippen LogP contribution in [0.1, 0.15) is 12.0 Å². The summed E-state index contributed by atoms with van der Waals surface area (Å²) in [5.74, 6) is 1.69. The molecule has 7 nitrogen and oxygen atoms in total. The van der Waals surface area contributed by atoms with Crippen molar-refractivity contribution in [3.05, 3.63) is 47.0 Å². The van der Waals surface area contributed by atoms with Crippen LogP contribution in [0.15, 0.2) is 36.4 Å². The zero-order chi connectivity index (χ0) is 24.0. The Bertz CT molecular complexity index is 1150. The number of thiazole rings is 1. The molecule has 3 rings (SSSR count). The summed E-state index contributed by atoms with van der Waals surface area (Å²) in [4.78, 5) is 21.7. The first-order valence-corrected chi connectivity index (χ1v) is 11.6. The van der Waals surface area contributed by atoms with Gasteiger partial charge in [-0.1, -0.05) is 29.0 Å². The summed E-state index contributed by atoms with van der Waals surface area (Å²) in [6, 6.07) is 9.05. The van der Waals surface area contributed by atoms with E-state index in [0.717, 1.165) is 23.2 Å². The maximum absolute atomic E-state index is 13.3. The molecule has 2 aromatic carbocycles. The quantitative estimate of drug-likeness (QED) is 0.330. The van der Waals surface area contributed by atoms with E-state index in [-0.39, 0.29) is 18.3 Å². The molecule has 0 fully saturated rings. The summed E-state index contributed by atoms with van der Waals surface area (Å²) in [5, 5.41) is 1.16. The van der Waals surface area contributed by atoms with E-state index in [1.165, 1.54) is 11.3 Å². The van der Waals surface area contributed by atoms with Crippen LogP contribution in [0.4, 0.5) is 5.13 Å². The van der Waals surface area contributed by atoms with Crippen LogP contribution >= 0.6 is 35.3 Å². The Balaban J connectivity index is 0.00000408.